The number of para-hydroxylation sites is 1. The number of carbonyl (C=O) groups is 1. The van der Waals surface area contributed by atoms with Gasteiger partial charge in [0.15, 0.2) is 0 Å². The minimum atomic E-state index is -1.16. The van der Waals surface area contributed by atoms with E-state index in [1.54, 1.807) is 12.1 Å². The molecular formula is C14H17N3O4. The van der Waals surface area contributed by atoms with Crippen molar-refractivity contribution in [1.29, 1.82) is 0 Å². The van der Waals surface area contributed by atoms with Crippen LogP contribution in [0.1, 0.15) is 17.0 Å². The first kappa shape index (κ1) is 15.1. The molecule has 2 rings (SSSR count). The summed E-state index contributed by atoms with van der Waals surface area (Å²) in [5.74, 6) is -0.886. The van der Waals surface area contributed by atoms with Crippen molar-refractivity contribution in [1.82, 2.24) is 9.97 Å². The number of fused-ring (bicyclic) bond motifs is 1. The normalized spacial score (nSPS) is 10.7. The molecule has 1 aromatic heterocycles. The van der Waals surface area contributed by atoms with E-state index < -0.39 is 5.97 Å². The second-order valence-corrected chi connectivity index (χ2v) is 4.33. The van der Waals surface area contributed by atoms with Crippen molar-refractivity contribution in [3.8, 4) is 0 Å². The van der Waals surface area contributed by atoms with Gasteiger partial charge in [0.1, 0.15) is 5.82 Å². The molecule has 1 heterocycles. The van der Waals surface area contributed by atoms with Gasteiger partial charge in [0.2, 0.25) is 5.82 Å². The molecule has 0 unspecified atom stereocenters. The molecule has 112 valence electrons. The molecule has 0 amide bonds. The minimum absolute atomic E-state index is 0.00590. The molecule has 0 aliphatic carbocycles. The number of carboxylic acid groups (broad SMARTS) is 1. The Balaban J connectivity index is 2.08. The Morgan fingerprint density at radius 2 is 2.05 bits per heavy atom. The van der Waals surface area contributed by atoms with E-state index in [4.69, 9.17) is 14.9 Å². The van der Waals surface area contributed by atoms with E-state index in [1.165, 1.54) is 0 Å². The standard InChI is InChI=1S/C14H17N3O4/c18-7-9-21-8-3-6-15-12-10-4-1-2-5-11(10)16-13(17-12)14(19)20/h1-2,4-5,18H,3,6-9H2,(H,19,20)(H,15,16,17). The van der Waals surface area contributed by atoms with Gasteiger partial charge in [0, 0.05) is 18.5 Å². The smallest absolute Gasteiger partial charge is 0.374 e. The van der Waals surface area contributed by atoms with Crippen LogP contribution in [-0.4, -0.2) is 52.5 Å². The topological polar surface area (TPSA) is 105 Å². The number of nitrogens with zero attached hydrogens (tertiary/aromatic N) is 2. The molecule has 7 nitrogen and oxygen atoms in total. The number of hydrogen-bond acceptors (Lipinski definition) is 6. The van der Waals surface area contributed by atoms with Gasteiger partial charge < -0.3 is 20.3 Å². The highest BCUT2D eigenvalue weighted by Crippen LogP contribution is 2.19. The first-order valence-electron chi connectivity index (χ1n) is 6.65. The Hall–Kier alpha value is -2.25. The summed E-state index contributed by atoms with van der Waals surface area (Å²) in [4.78, 5) is 19.1. The van der Waals surface area contributed by atoms with Crippen LogP contribution < -0.4 is 5.32 Å². The van der Waals surface area contributed by atoms with Crippen LogP contribution in [-0.2, 0) is 4.74 Å². The number of carboxylic acids is 1. The number of benzene rings is 1. The van der Waals surface area contributed by atoms with Crippen molar-refractivity contribution in [3.63, 3.8) is 0 Å². The first-order valence-corrected chi connectivity index (χ1v) is 6.65. The second-order valence-electron chi connectivity index (χ2n) is 4.33. The Kier molecular flexibility index (Phi) is 5.42. The van der Waals surface area contributed by atoms with E-state index in [9.17, 15) is 4.79 Å². The number of nitrogens with one attached hydrogen (secondary N) is 1. The lowest BCUT2D eigenvalue weighted by Gasteiger charge is -2.09. The molecule has 0 aliphatic rings. The van der Waals surface area contributed by atoms with Crippen molar-refractivity contribution in [2.24, 2.45) is 0 Å². The summed E-state index contributed by atoms with van der Waals surface area (Å²) in [6.45, 7) is 1.43. The number of hydrogen-bond donors (Lipinski definition) is 3. The zero-order valence-corrected chi connectivity index (χ0v) is 11.5. The Morgan fingerprint density at radius 1 is 1.24 bits per heavy atom. The van der Waals surface area contributed by atoms with E-state index in [0.29, 0.717) is 31.1 Å². The van der Waals surface area contributed by atoms with E-state index in [2.05, 4.69) is 15.3 Å². The molecule has 3 N–H and O–H groups in total. The zero-order valence-electron chi connectivity index (χ0n) is 11.5. The summed E-state index contributed by atoms with van der Waals surface area (Å²) in [7, 11) is 0. The van der Waals surface area contributed by atoms with Gasteiger partial charge in [-0.15, -0.1) is 0 Å². The van der Waals surface area contributed by atoms with Crippen LogP contribution in [0.5, 0.6) is 0 Å². The van der Waals surface area contributed by atoms with Crippen molar-refractivity contribution < 1.29 is 19.7 Å². The van der Waals surface area contributed by atoms with Crippen molar-refractivity contribution in [2.75, 3.05) is 31.7 Å². The van der Waals surface area contributed by atoms with E-state index in [-0.39, 0.29) is 12.4 Å². The molecule has 0 radical (unpaired) electrons. The third-order valence-electron chi connectivity index (χ3n) is 2.79. The number of aliphatic hydroxyl groups excluding tert-OH is 1. The molecule has 0 bridgehead atoms. The van der Waals surface area contributed by atoms with Gasteiger partial charge in [-0.05, 0) is 18.6 Å². The van der Waals surface area contributed by atoms with Crippen molar-refractivity contribution in [3.05, 3.63) is 30.1 Å². The van der Waals surface area contributed by atoms with Crippen LogP contribution in [0.2, 0.25) is 0 Å². The Labute approximate surface area is 121 Å². The molecule has 0 saturated carbocycles. The average molecular weight is 291 g/mol. The maximum absolute atomic E-state index is 11.0. The van der Waals surface area contributed by atoms with Crippen LogP contribution in [0.25, 0.3) is 10.9 Å². The zero-order chi connectivity index (χ0) is 15.1. The second kappa shape index (κ2) is 7.51. The highest BCUT2D eigenvalue weighted by molar-refractivity contribution is 5.93. The summed E-state index contributed by atoms with van der Waals surface area (Å²) in [5.41, 5.74) is 0.587. The lowest BCUT2D eigenvalue weighted by molar-refractivity contribution is 0.0684. The maximum atomic E-state index is 11.0. The van der Waals surface area contributed by atoms with Crippen molar-refractivity contribution >= 4 is 22.7 Å². The van der Waals surface area contributed by atoms with E-state index in [1.807, 2.05) is 12.1 Å². The first-order chi connectivity index (χ1) is 10.2. The molecule has 0 saturated heterocycles. The number of anilines is 1. The Morgan fingerprint density at radius 3 is 2.81 bits per heavy atom. The average Bonchev–Trinajstić information content (AvgIpc) is 2.50. The summed E-state index contributed by atoms with van der Waals surface area (Å²) >= 11 is 0. The summed E-state index contributed by atoms with van der Waals surface area (Å²) in [6, 6.07) is 7.24. The van der Waals surface area contributed by atoms with Crippen molar-refractivity contribution in [2.45, 2.75) is 6.42 Å². The third-order valence-corrected chi connectivity index (χ3v) is 2.79. The lowest BCUT2D eigenvalue weighted by atomic mass is 10.2. The monoisotopic (exact) mass is 291 g/mol. The molecule has 0 atom stereocenters. The quantitative estimate of drug-likeness (QED) is 0.626. The van der Waals surface area contributed by atoms with E-state index in [0.717, 1.165) is 11.8 Å². The number of aromatic carboxylic acids is 1. The van der Waals surface area contributed by atoms with Crippen LogP contribution in [0.4, 0.5) is 5.82 Å². The molecule has 0 spiro atoms. The maximum Gasteiger partial charge on any atom is 0.374 e. The van der Waals surface area contributed by atoms with Gasteiger partial charge in [-0.1, -0.05) is 12.1 Å². The predicted molar refractivity (Wildman–Crippen MR) is 77.5 cm³/mol. The predicted octanol–water partition coefficient (Wildman–Crippen LogP) is 1.14. The van der Waals surface area contributed by atoms with Crippen LogP contribution in [0.15, 0.2) is 24.3 Å². The number of rotatable bonds is 8. The van der Waals surface area contributed by atoms with Gasteiger partial charge in [-0.2, -0.15) is 0 Å². The van der Waals surface area contributed by atoms with Crippen LogP contribution in [0.3, 0.4) is 0 Å². The fourth-order valence-corrected chi connectivity index (χ4v) is 1.85. The third kappa shape index (κ3) is 4.11. The number of aliphatic hydroxyl groups is 1. The van der Waals surface area contributed by atoms with Gasteiger partial charge >= 0.3 is 5.97 Å². The van der Waals surface area contributed by atoms with E-state index >= 15 is 0 Å². The summed E-state index contributed by atoms with van der Waals surface area (Å²) in [5, 5.41) is 21.5. The largest absolute Gasteiger partial charge is 0.475 e. The molecular weight excluding hydrogens is 274 g/mol. The molecule has 2 aromatic rings. The highest BCUT2D eigenvalue weighted by Gasteiger charge is 2.12. The molecule has 7 heteroatoms. The summed E-state index contributed by atoms with van der Waals surface area (Å²) in [6.07, 6.45) is 0.723. The van der Waals surface area contributed by atoms with Gasteiger partial charge in [0.05, 0.1) is 18.7 Å². The minimum Gasteiger partial charge on any atom is -0.475 e. The van der Waals surface area contributed by atoms with Gasteiger partial charge in [0.25, 0.3) is 0 Å². The molecule has 1 aromatic carbocycles. The van der Waals surface area contributed by atoms with Crippen LogP contribution >= 0.6 is 0 Å². The number of aromatic nitrogens is 2. The fourth-order valence-electron chi connectivity index (χ4n) is 1.85. The fraction of sp³-hybridized carbons (Fsp3) is 0.357. The van der Waals surface area contributed by atoms with Gasteiger partial charge in [-0.25, -0.2) is 14.8 Å². The van der Waals surface area contributed by atoms with Gasteiger partial charge in [-0.3, -0.25) is 0 Å². The highest BCUT2D eigenvalue weighted by atomic mass is 16.5. The molecule has 0 aliphatic heterocycles. The summed E-state index contributed by atoms with van der Waals surface area (Å²) < 4.78 is 5.15. The lowest BCUT2D eigenvalue weighted by Crippen LogP contribution is -2.12. The molecule has 21 heavy (non-hydrogen) atoms. The SMILES string of the molecule is O=C(O)c1nc(NCCCOCCO)c2ccccc2n1. The van der Waals surface area contributed by atoms with Crippen LogP contribution in [0, 0.1) is 0 Å². The Bertz CT molecular complexity index is 618. The molecule has 0 fully saturated rings. The number of ether oxygens (including phenoxy) is 1.